The molecule has 12 heteroatoms. The first-order chi connectivity index (χ1) is 24.5. The topological polar surface area (TPSA) is 142 Å². The van der Waals surface area contributed by atoms with Crippen LogP contribution in [0.3, 0.4) is 0 Å². The number of rotatable bonds is 16. The fraction of sp³-hybridized carbons (Fsp3) is 0.105. The Hall–Kier alpha value is -6.82. The molecule has 0 aliphatic rings. The molecular weight excluding hydrogens is 648 g/mol. The van der Waals surface area contributed by atoms with Gasteiger partial charge in [0, 0.05) is 0 Å². The summed E-state index contributed by atoms with van der Waals surface area (Å²) in [7, 11) is 0. The fourth-order valence-electron chi connectivity index (χ4n) is 4.26. The van der Waals surface area contributed by atoms with E-state index in [9.17, 15) is 19.2 Å². The lowest BCUT2D eigenvalue weighted by molar-refractivity contribution is 0.00935. The third-order valence-electron chi connectivity index (χ3n) is 6.67. The van der Waals surface area contributed by atoms with Crippen LogP contribution >= 0.6 is 0 Å². The van der Waals surface area contributed by atoms with Crippen molar-refractivity contribution in [2.24, 2.45) is 0 Å². The number of carbonyl (C=O) groups excluding carboxylic acids is 4. The summed E-state index contributed by atoms with van der Waals surface area (Å²) >= 11 is 0. The van der Waals surface area contributed by atoms with Gasteiger partial charge in [0.05, 0.1) is 22.3 Å². The van der Waals surface area contributed by atoms with Crippen LogP contribution in [0.5, 0.6) is 23.0 Å². The van der Waals surface area contributed by atoms with Crippen molar-refractivity contribution in [1.82, 2.24) is 0 Å². The van der Waals surface area contributed by atoms with Crippen LogP contribution in [0.25, 0.3) is 0 Å². The number of para-hydroxylation sites is 4. The molecular formula is C38H30O12. The molecule has 0 unspecified atom stereocenters. The molecule has 0 atom stereocenters. The first-order valence-corrected chi connectivity index (χ1v) is 15.1. The van der Waals surface area contributed by atoms with Crippen LogP contribution < -0.4 is 18.9 Å². The summed E-state index contributed by atoms with van der Waals surface area (Å²) < 4.78 is 42.9. The second-order valence-electron chi connectivity index (χ2n) is 9.97. The Kier molecular flexibility index (Phi) is 12.4. The smallest absolute Gasteiger partial charge is 0.341 e. The molecule has 0 N–H and O–H groups in total. The third kappa shape index (κ3) is 10.1. The molecule has 0 amide bonds. The quantitative estimate of drug-likeness (QED) is 0.0642. The number of esters is 4. The summed E-state index contributed by atoms with van der Waals surface area (Å²) in [6.45, 7) is -2.17. The summed E-state index contributed by atoms with van der Waals surface area (Å²) in [4.78, 5) is 53.5. The Labute approximate surface area is 286 Å². The van der Waals surface area contributed by atoms with Crippen LogP contribution in [0, 0.1) is 0 Å². The highest BCUT2D eigenvalue weighted by Crippen LogP contribution is 2.23. The number of hydrogen-bond acceptors (Lipinski definition) is 12. The van der Waals surface area contributed by atoms with Gasteiger partial charge in [-0.2, -0.15) is 0 Å². The van der Waals surface area contributed by atoms with Crippen LogP contribution in [0.4, 0.5) is 0 Å². The molecule has 0 bridgehead atoms. The molecule has 0 aliphatic carbocycles. The second-order valence-corrected chi connectivity index (χ2v) is 9.97. The standard InChI is InChI=1S/C38H30O12/c39-35(47-23-43-27-13-5-1-6-14-27)31-21-33(37(41)49-25-45-29-17-9-3-10-18-29)34(38(42)50-26-46-30-19-11-4-12-20-30)22-32(31)36(40)48-24-44-28-15-7-2-8-16-28/h1-22H,23-26H2. The minimum absolute atomic E-state index is 0.413. The van der Waals surface area contributed by atoms with E-state index in [1.807, 2.05) is 0 Å². The maximum atomic E-state index is 13.4. The number of ether oxygens (including phenoxy) is 8. The van der Waals surface area contributed by atoms with Gasteiger partial charge in [-0.1, -0.05) is 72.8 Å². The van der Waals surface area contributed by atoms with E-state index in [1.54, 1.807) is 121 Å². The molecule has 0 saturated heterocycles. The van der Waals surface area contributed by atoms with E-state index in [4.69, 9.17) is 37.9 Å². The van der Waals surface area contributed by atoms with Crippen molar-refractivity contribution >= 4 is 23.9 Å². The molecule has 0 aliphatic heterocycles. The Balaban J connectivity index is 1.41. The average molecular weight is 679 g/mol. The number of carbonyl (C=O) groups is 4. The number of hydrogen-bond donors (Lipinski definition) is 0. The average Bonchev–Trinajstić information content (AvgIpc) is 3.16. The SMILES string of the molecule is O=C(OCOc1ccccc1)c1cc(C(=O)OCOc2ccccc2)c(C(=O)OCOc2ccccc2)cc1C(=O)OCOc1ccccc1. The van der Waals surface area contributed by atoms with Gasteiger partial charge in [0.1, 0.15) is 23.0 Å². The fourth-order valence-corrected chi connectivity index (χ4v) is 4.26. The van der Waals surface area contributed by atoms with Gasteiger partial charge < -0.3 is 37.9 Å². The van der Waals surface area contributed by atoms with Crippen molar-refractivity contribution in [3.63, 3.8) is 0 Å². The summed E-state index contributed by atoms with van der Waals surface area (Å²) in [6, 6.07) is 36.1. The highest BCUT2D eigenvalue weighted by molar-refractivity contribution is 6.10. The van der Waals surface area contributed by atoms with Crippen LogP contribution in [-0.2, 0) is 18.9 Å². The minimum atomic E-state index is -1.07. The minimum Gasteiger partial charge on any atom is -0.457 e. The molecule has 0 radical (unpaired) electrons. The van der Waals surface area contributed by atoms with Gasteiger partial charge >= 0.3 is 23.9 Å². The van der Waals surface area contributed by atoms with Gasteiger partial charge in [0.15, 0.2) is 0 Å². The molecule has 5 aromatic carbocycles. The molecule has 0 fully saturated rings. The van der Waals surface area contributed by atoms with E-state index < -0.39 is 73.3 Å². The van der Waals surface area contributed by atoms with Crippen molar-refractivity contribution < 1.29 is 57.1 Å². The van der Waals surface area contributed by atoms with Gasteiger partial charge in [-0.05, 0) is 60.7 Å². The third-order valence-corrected chi connectivity index (χ3v) is 6.67. The van der Waals surface area contributed by atoms with Gasteiger partial charge in [-0.25, -0.2) is 19.2 Å². The summed E-state index contributed by atoms with van der Waals surface area (Å²) in [5.41, 5.74) is -1.72. The highest BCUT2D eigenvalue weighted by atomic mass is 16.7. The van der Waals surface area contributed by atoms with E-state index in [1.165, 1.54) is 0 Å². The van der Waals surface area contributed by atoms with Crippen molar-refractivity contribution in [3.8, 4) is 23.0 Å². The molecule has 5 rings (SSSR count). The Morgan fingerprint density at radius 3 is 0.720 bits per heavy atom. The van der Waals surface area contributed by atoms with E-state index in [2.05, 4.69) is 0 Å². The predicted molar refractivity (Wildman–Crippen MR) is 176 cm³/mol. The Morgan fingerprint density at radius 1 is 0.320 bits per heavy atom. The summed E-state index contributed by atoms with van der Waals surface area (Å²) in [5.74, 6) is -2.63. The van der Waals surface area contributed by atoms with Crippen molar-refractivity contribution in [1.29, 1.82) is 0 Å². The van der Waals surface area contributed by atoms with Crippen LogP contribution in [-0.4, -0.2) is 51.0 Å². The van der Waals surface area contributed by atoms with E-state index in [0.717, 1.165) is 12.1 Å². The Bertz CT molecular complexity index is 1590. The zero-order valence-corrected chi connectivity index (χ0v) is 26.4. The molecule has 50 heavy (non-hydrogen) atoms. The molecule has 0 heterocycles. The first kappa shape index (κ1) is 34.5. The van der Waals surface area contributed by atoms with E-state index in [0.29, 0.717) is 23.0 Å². The van der Waals surface area contributed by atoms with E-state index >= 15 is 0 Å². The van der Waals surface area contributed by atoms with Crippen LogP contribution in [0.2, 0.25) is 0 Å². The van der Waals surface area contributed by atoms with E-state index in [-0.39, 0.29) is 0 Å². The lowest BCUT2D eigenvalue weighted by Crippen LogP contribution is -2.23. The van der Waals surface area contributed by atoms with Gasteiger partial charge in [-0.15, -0.1) is 0 Å². The van der Waals surface area contributed by atoms with Crippen molar-refractivity contribution in [2.75, 3.05) is 27.2 Å². The largest absolute Gasteiger partial charge is 0.457 e. The van der Waals surface area contributed by atoms with Gasteiger partial charge in [0.2, 0.25) is 27.2 Å². The lowest BCUT2D eigenvalue weighted by atomic mass is 9.98. The van der Waals surface area contributed by atoms with Gasteiger partial charge in [-0.3, -0.25) is 0 Å². The van der Waals surface area contributed by atoms with Crippen molar-refractivity contribution in [2.45, 2.75) is 0 Å². The summed E-state index contributed by atoms with van der Waals surface area (Å²) in [6.07, 6.45) is 0. The maximum Gasteiger partial charge on any atom is 0.341 e. The Morgan fingerprint density at radius 2 is 0.520 bits per heavy atom. The zero-order valence-electron chi connectivity index (χ0n) is 26.4. The van der Waals surface area contributed by atoms with Gasteiger partial charge in [0.25, 0.3) is 0 Å². The molecule has 0 spiro atoms. The zero-order chi connectivity index (χ0) is 35.0. The molecule has 12 nitrogen and oxygen atoms in total. The second kappa shape index (κ2) is 17.9. The normalized spacial score (nSPS) is 10.2. The number of benzene rings is 5. The predicted octanol–water partition coefficient (Wildman–Crippen LogP) is 6.46. The first-order valence-electron chi connectivity index (χ1n) is 15.1. The molecule has 0 aromatic heterocycles. The summed E-state index contributed by atoms with van der Waals surface area (Å²) in [5, 5.41) is 0. The molecule has 254 valence electrons. The van der Waals surface area contributed by atoms with Crippen molar-refractivity contribution in [3.05, 3.63) is 156 Å². The molecule has 5 aromatic rings. The maximum absolute atomic E-state index is 13.4. The highest BCUT2D eigenvalue weighted by Gasteiger charge is 2.29. The lowest BCUT2D eigenvalue weighted by Gasteiger charge is -2.16. The monoisotopic (exact) mass is 678 g/mol. The van der Waals surface area contributed by atoms with Crippen LogP contribution in [0.15, 0.2) is 133 Å². The van der Waals surface area contributed by atoms with Crippen LogP contribution in [0.1, 0.15) is 41.4 Å². The molecule has 0 saturated carbocycles.